The van der Waals surface area contributed by atoms with Crippen molar-refractivity contribution in [1.82, 2.24) is 20.2 Å². The molecule has 19 heavy (non-hydrogen) atoms. The third-order valence-electron chi connectivity index (χ3n) is 2.87. The molecule has 0 fully saturated rings. The summed E-state index contributed by atoms with van der Waals surface area (Å²) in [5.74, 6) is 0.0973. The predicted octanol–water partition coefficient (Wildman–Crippen LogP) is 1.49. The number of ether oxygens (including phenoxy) is 1. The summed E-state index contributed by atoms with van der Waals surface area (Å²) in [5.41, 5.74) is 6.27. The number of benzene rings is 1. The minimum absolute atomic E-state index is 0.297. The number of halogens is 1. The SMILES string of the molecule is COC(C)(C)Cn1nnnc1-c1ccc(F)cc1N. The molecule has 0 unspecified atom stereocenters. The van der Waals surface area contributed by atoms with Crippen molar-refractivity contribution in [3.05, 3.63) is 24.0 Å². The Morgan fingerprint density at radius 2 is 2.16 bits per heavy atom. The average molecular weight is 265 g/mol. The van der Waals surface area contributed by atoms with Crippen molar-refractivity contribution in [3.63, 3.8) is 0 Å². The highest BCUT2D eigenvalue weighted by molar-refractivity contribution is 5.71. The van der Waals surface area contributed by atoms with E-state index in [1.54, 1.807) is 17.9 Å². The second-order valence-corrected chi connectivity index (χ2v) is 4.86. The van der Waals surface area contributed by atoms with E-state index in [0.29, 0.717) is 23.6 Å². The van der Waals surface area contributed by atoms with E-state index in [4.69, 9.17) is 10.5 Å². The lowest BCUT2D eigenvalue weighted by atomic mass is 10.1. The molecule has 7 heteroatoms. The van der Waals surface area contributed by atoms with Crippen LogP contribution in [0.1, 0.15) is 13.8 Å². The number of aromatic nitrogens is 4. The van der Waals surface area contributed by atoms with E-state index in [-0.39, 0.29) is 0 Å². The van der Waals surface area contributed by atoms with Gasteiger partial charge in [0.25, 0.3) is 0 Å². The molecule has 2 aromatic rings. The fourth-order valence-electron chi connectivity index (χ4n) is 1.67. The lowest BCUT2D eigenvalue weighted by Crippen LogP contribution is -2.30. The molecule has 0 amide bonds. The van der Waals surface area contributed by atoms with Crippen molar-refractivity contribution >= 4 is 5.69 Å². The monoisotopic (exact) mass is 265 g/mol. The van der Waals surface area contributed by atoms with Crippen LogP contribution in [0, 0.1) is 5.82 Å². The van der Waals surface area contributed by atoms with Crippen molar-refractivity contribution in [3.8, 4) is 11.4 Å². The van der Waals surface area contributed by atoms with Gasteiger partial charge in [-0.05, 0) is 42.5 Å². The third-order valence-corrected chi connectivity index (χ3v) is 2.87. The van der Waals surface area contributed by atoms with Gasteiger partial charge >= 0.3 is 0 Å². The number of nitrogens with two attached hydrogens (primary N) is 1. The van der Waals surface area contributed by atoms with Gasteiger partial charge in [-0.2, -0.15) is 0 Å². The predicted molar refractivity (Wildman–Crippen MR) is 68.7 cm³/mol. The molecular formula is C12H16FN5O. The van der Waals surface area contributed by atoms with E-state index < -0.39 is 11.4 Å². The van der Waals surface area contributed by atoms with Gasteiger partial charge in [-0.25, -0.2) is 9.07 Å². The molecule has 0 bridgehead atoms. The Morgan fingerprint density at radius 3 is 2.79 bits per heavy atom. The number of methoxy groups -OCH3 is 1. The van der Waals surface area contributed by atoms with E-state index in [0.717, 1.165) is 0 Å². The molecule has 0 aliphatic rings. The summed E-state index contributed by atoms with van der Waals surface area (Å²) < 4.78 is 20.0. The molecule has 0 radical (unpaired) electrons. The number of nitrogens with zero attached hydrogens (tertiary/aromatic N) is 4. The van der Waals surface area contributed by atoms with Gasteiger partial charge in [0, 0.05) is 18.4 Å². The maximum atomic E-state index is 13.1. The first kappa shape index (κ1) is 13.4. The smallest absolute Gasteiger partial charge is 0.184 e. The summed E-state index contributed by atoms with van der Waals surface area (Å²) in [7, 11) is 1.62. The van der Waals surface area contributed by atoms with E-state index in [2.05, 4.69) is 15.5 Å². The van der Waals surface area contributed by atoms with Gasteiger partial charge in [0.05, 0.1) is 12.1 Å². The summed E-state index contributed by atoms with van der Waals surface area (Å²) in [6.07, 6.45) is 0. The van der Waals surface area contributed by atoms with Crippen molar-refractivity contribution in [2.75, 3.05) is 12.8 Å². The summed E-state index contributed by atoms with van der Waals surface area (Å²) in [5, 5.41) is 11.5. The van der Waals surface area contributed by atoms with Crippen LogP contribution in [0.4, 0.5) is 10.1 Å². The fraction of sp³-hybridized carbons (Fsp3) is 0.417. The number of tetrazole rings is 1. The molecule has 0 atom stereocenters. The Labute approximate surface area is 110 Å². The van der Waals surface area contributed by atoms with Gasteiger partial charge in [0.1, 0.15) is 5.82 Å². The number of hydrogen-bond acceptors (Lipinski definition) is 5. The average Bonchev–Trinajstić information content (AvgIpc) is 2.76. The summed E-state index contributed by atoms with van der Waals surface area (Å²) in [6, 6.07) is 4.13. The summed E-state index contributed by atoms with van der Waals surface area (Å²) in [6.45, 7) is 4.31. The van der Waals surface area contributed by atoms with Crippen LogP contribution in [0.5, 0.6) is 0 Å². The van der Waals surface area contributed by atoms with E-state index in [9.17, 15) is 4.39 Å². The Balaban J connectivity index is 2.39. The molecule has 102 valence electrons. The van der Waals surface area contributed by atoms with Crippen LogP contribution in [-0.4, -0.2) is 32.9 Å². The summed E-state index contributed by atoms with van der Waals surface area (Å²) in [4.78, 5) is 0. The minimum atomic E-state index is -0.418. The number of rotatable bonds is 4. The topological polar surface area (TPSA) is 78.8 Å². The zero-order chi connectivity index (χ0) is 14.0. The molecule has 2 rings (SSSR count). The van der Waals surface area contributed by atoms with Gasteiger partial charge in [-0.1, -0.05) is 0 Å². The highest BCUT2D eigenvalue weighted by atomic mass is 19.1. The fourth-order valence-corrected chi connectivity index (χ4v) is 1.67. The molecule has 0 aliphatic heterocycles. The van der Waals surface area contributed by atoms with Crippen LogP contribution in [0.3, 0.4) is 0 Å². The highest BCUT2D eigenvalue weighted by Gasteiger charge is 2.21. The zero-order valence-electron chi connectivity index (χ0n) is 11.1. The minimum Gasteiger partial charge on any atom is -0.398 e. The van der Waals surface area contributed by atoms with E-state index >= 15 is 0 Å². The molecule has 0 saturated carbocycles. The quantitative estimate of drug-likeness (QED) is 0.847. The molecule has 0 saturated heterocycles. The molecule has 0 aliphatic carbocycles. The van der Waals surface area contributed by atoms with Gasteiger partial charge in [-0.3, -0.25) is 0 Å². The molecule has 1 aromatic carbocycles. The maximum absolute atomic E-state index is 13.1. The molecule has 0 spiro atoms. The summed E-state index contributed by atoms with van der Waals surface area (Å²) >= 11 is 0. The molecule has 2 N–H and O–H groups in total. The third kappa shape index (κ3) is 2.87. The molecule has 1 aromatic heterocycles. The Morgan fingerprint density at radius 1 is 1.42 bits per heavy atom. The largest absolute Gasteiger partial charge is 0.398 e. The van der Waals surface area contributed by atoms with Crippen LogP contribution in [-0.2, 0) is 11.3 Å². The zero-order valence-corrected chi connectivity index (χ0v) is 11.1. The van der Waals surface area contributed by atoms with Crippen LogP contribution in [0.15, 0.2) is 18.2 Å². The first-order chi connectivity index (χ1) is 8.93. The van der Waals surface area contributed by atoms with Crippen molar-refractivity contribution in [2.24, 2.45) is 0 Å². The Kier molecular flexibility index (Phi) is 3.48. The maximum Gasteiger partial charge on any atom is 0.184 e. The lowest BCUT2D eigenvalue weighted by molar-refractivity contribution is 0.00539. The van der Waals surface area contributed by atoms with Crippen LogP contribution in [0.2, 0.25) is 0 Å². The van der Waals surface area contributed by atoms with Crippen LogP contribution >= 0.6 is 0 Å². The highest BCUT2D eigenvalue weighted by Crippen LogP contribution is 2.25. The standard InChI is InChI=1S/C12H16FN5O/c1-12(2,19-3)7-18-11(15-16-17-18)9-5-4-8(13)6-10(9)14/h4-6H,7,14H2,1-3H3. The molecule has 1 heterocycles. The first-order valence-electron chi connectivity index (χ1n) is 5.80. The van der Waals surface area contributed by atoms with Crippen LogP contribution < -0.4 is 5.73 Å². The number of hydrogen-bond donors (Lipinski definition) is 1. The Hall–Kier alpha value is -2.02. The second kappa shape index (κ2) is 4.93. The number of anilines is 1. The van der Waals surface area contributed by atoms with Gasteiger partial charge in [0.15, 0.2) is 5.82 Å². The van der Waals surface area contributed by atoms with E-state index in [1.165, 1.54) is 12.1 Å². The van der Waals surface area contributed by atoms with Gasteiger partial charge < -0.3 is 10.5 Å². The van der Waals surface area contributed by atoms with Gasteiger partial charge in [-0.15, -0.1) is 5.10 Å². The lowest BCUT2D eigenvalue weighted by Gasteiger charge is -2.22. The Bertz CT molecular complexity index is 581. The molecular weight excluding hydrogens is 249 g/mol. The van der Waals surface area contributed by atoms with Crippen molar-refractivity contribution in [2.45, 2.75) is 26.0 Å². The van der Waals surface area contributed by atoms with Crippen molar-refractivity contribution < 1.29 is 9.13 Å². The second-order valence-electron chi connectivity index (χ2n) is 4.86. The number of nitrogen functional groups attached to an aromatic ring is 1. The van der Waals surface area contributed by atoms with Crippen LogP contribution in [0.25, 0.3) is 11.4 Å². The molecule has 6 nitrogen and oxygen atoms in total. The van der Waals surface area contributed by atoms with E-state index in [1.807, 2.05) is 13.8 Å². The van der Waals surface area contributed by atoms with Crippen molar-refractivity contribution in [1.29, 1.82) is 0 Å². The first-order valence-corrected chi connectivity index (χ1v) is 5.80. The van der Waals surface area contributed by atoms with Gasteiger partial charge in [0.2, 0.25) is 0 Å². The normalized spacial score (nSPS) is 11.8.